The maximum absolute atomic E-state index is 13.3. The van der Waals surface area contributed by atoms with Gasteiger partial charge in [-0.25, -0.2) is 4.39 Å². The van der Waals surface area contributed by atoms with E-state index in [9.17, 15) is 4.39 Å². The summed E-state index contributed by atoms with van der Waals surface area (Å²) in [4.78, 5) is 0. The van der Waals surface area contributed by atoms with E-state index in [0.717, 1.165) is 24.0 Å². The van der Waals surface area contributed by atoms with Gasteiger partial charge in [-0.1, -0.05) is 41.1 Å². The van der Waals surface area contributed by atoms with Gasteiger partial charge >= 0.3 is 0 Å². The Bertz CT molecular complexity index is 336. The van der Waals surface area contributed by atoms with Crippen molar-refractivity contribution in [3.63, 3.8) is 0 Å². The van der Waals surface area contributed by atoms with E-state index in [1.807, 2.05) is 12.1 Å². The summed E-state index contributed by atoms with van der Waals surface area (Å²) in [5.74, 6) is -0.198. The maximum atomic E-state index is 13.3. The molecular formula is C12H15BrFN. The predicted molar refractivity (Wildman–Crippen MR) is 66.3 cm³/mol. The third-order valence-electron chi connectivity index (χ3n) is 1.95. The number of halogens is 2. The molecular weight excluding hydrogens is 257 g/mol. The molecule has 0 saturated carbocycles. The van der Waals surface area contributed by atoms with E-state index in [1.165, 1.54) is 6.07 Å². The zero-order chi connectivity index (χ0) is 11.1. The first-order chi connectivity index (χ1) is 7.24. The van der Waals surface area contributed by atoms with Crippen LogP contribution in [0, 0.1) is 5.82 Å². The molecule has 0 amide bonds. The van der Waals surface area contributed by atoms with Crippen LogP contribution in [0.4, 0.5) is 4.39 Å². The standard InChI is InChI=1S/C12H15BrFN/c1-2-7-15-8-3-4-10-5-6-11(13)9-12(10)14/h3-6,9,15H,2,7-8H2,1H3. The molecule has 0 atom stereocenters. The molecule has 15 heavy (non-hydrogen) atoms. The van der Waals surface area contributed by atoms with E-state index < -0.39 is 0 Å². The zero-order valence-electron chi connectivity index (χ0n) is 8.76. The van der Waals surface area contributed by atoms with Crippen molar-refractivity contribution in [2.75, 3.05) is 13.1 Å². The lowest BCUT2D eigenvalue weighted by Gasteiger charge is -1.99. The van der Waals surface area contributed by atoms with E-state index in [1.54, 1.807) is 12.1 Å². The van der Waals surface area contributed by atoms with Gasteiger partial charge in [-0.2, -0.15) is 0 Å². The third kappa shape index (κ3) is 4.58. The highest BCUT2D eigenvalue weighted by Gasteiger charge is 1.97. The van der Waals surface area contributed by atoms with Gasteiger partial charge in [0, 0.05) is 16.6 Å². The highest BCUT2D eigenvalue weighted by Crippen LogP contribution is 2.16. The fourth-order valence-electron chi connectivity index (χ4n) is 1.18. The van der Waals surface area contributed by atoms with Crippen LogP contribution >= 0.6 is 15.9 Å². The lowest BCUT2D eigenvalue weighted by atomic mass is 10.2. The molecule has 0 bridgehead atoms. The van der Waals surface area contributed by atoms with E-state index in [0.29, 0.717) is 5.56 Å². The van der Waals surface area contributed by atoms with Crippen molar-refractivity contribution in [1.29, 1.82) is 0 Å². The SMILES string of the molecule is CCCNCC=Cc1ccc(Br)cc1F. The average molecular weight is 272 g/mol. The smallest absolute Gasteiger partial charge is 0.131 e. The van der Waals surface area contributed by atoms with E-state index >= 15 is 0 Å². The molecule has 1 aromatic rings. The predicted octanol–water partition coefficient (Wildman–Crippen LogP) is 3.60. The van der Waals surface area contributed by atoms with Gasteiger partial charge in [-0.05, 0) is 25.1 Å². The van der Waals surface area contributed by atoms with Gasteiger partial charge in [0.25, 0.3) is 0 Å². The van der Waals surface area contributed by atoms with Crippen molar-refractivity contribution in [1.82, 2.24) is 5.32 Å². The molecule has 3 heteroatoms. The molecule has 0 spiro atoms. The van der Waals surface area contributed by atoms with Gasteiger partial charge in [0.15, 0.2) is 0 Å². The number of benzene rings is 1. The van der Waals surface area contributed by atoms with Crippen molar-refractivity contribution >= 4 is 22.0 Å². The van der Waals surface area contributed by atoms with Crippen LogP contribution in [0.3, 0.4) is 0 Å². The second kappa shape index (κ2) is 6.75. The maximum Gasteiger partial charge on any atom is 0.131 e. The quantitative estimate of drug-likeness (QED) is 0.807. The minimum Gasteiger partial charge on any atom is -0.313 e. The molecule has 0 aliphatic heterocycles. The largest absolute Gasteiger partial charge is 0.313 e. The lowest BCUT2D eigenvalue weighted by molar-refractivity contribution is 0.624. The first kappa shape index (κ1) is 12.4. The summed E-state index contributed by atoms with van der Waals surface area (Å²) < 4.78 is 14.1. The molecule has 82 valence electrons. The average Bonchev–Trinajstić information content (AvgIpc) is 2.20. The van der Waals surface area contributed by atoms with Crippen LogP contribution < -0.4 is 5.32 Å². The van der Waals surface area contributed by atoms with Crippen LogP contribution in [0.2, 0.25) is 0 Å². The summed E-state index contributed by atoms with van der Waals surface area (Å²) in [6.07, 6.45) is 4.84. The molecule has 1 rings (SSSR count). The normalized spacial score (nSPS) is 11.1. The molecule has 0 saturated heterocycles. The van der Waals surface area contributed by atoms with Crippen LogP contribution in [-0.4, -0.2) is 13.1 Å². The highest BCUT2D eigenvalue weighted by atomic mass is 79.9. The third-order valence-corrected chi connectivity index (χ3v) is 2.44. The van der Waals surface area contributed by atoms with Crippen molar-refractivity contribution < 1.29 is 4.39 Å². The monoisotopic (exact) mass is 271 g/mol. The molecule has 0 aromatic heterocycles. The Labute approximate surface area is 98.5 Å². The molecule has 1 nitrogen and oxygen atoms in total. The van der Waals surface area contributed by atoms with Gasteiger partial charge in [-0.3, -0.25) is 0 Å². The molecule has 0 aliphatic carbocycles. The zero-order valence-corrected chi connectivity index (χ0v) is 10.3. The van der Waals surface area contributed by atoms with Crippen molar-refractivity contribution in [2.24, 2.45) is 0 Å². The summed E-state index contributed by atoms with van der Waals surface area (Å²) in [6, 6.07) is 5.07. The number of hydrogen-bond donors (Lipinski definition) is 1. The molecule has 0 radical (unpaired) electrons. The minimum absolute atomic E-state index is 0.198. The fraction of sp³-hybridized carbons (Fsp3) is 0.333. The lowest BCUT2D eigenvalue weighted by Crippen LogP contribution is -2.13. The Morgan fingerprint density at radius 1 is 1.47 bits per heavy atom. The molecule has 0 unspecified atom stereocenters. The topological polar surface area (TPSA) is 12.0 Å². The number of rotatable bonds is 5. The van der Waals surface area contributed by atoms with Gasteiger partial charge < -0.3 is 5.32 Å². The fourth-order valence-corrected chi connectivity index (χ4v) is 1.52. The van der Waals surface area contributed by atoms with Crippen LogP contribution in [0.5, 0.6) is 0 Å². The van der Waals surface area contributed by atoms with E-state index in [2.05, 4.69) is 28.2 Å². The molecule has 1 N–H and O–H groups in total. The minimum atomic E-state index is -0.198. The summed E-state index contributed by atoms with van der Waals surface area (Å²) in [7, 11) is 0. The van der Waals surface area contributed by atoms with E-state index in [-0.39, 0.29) is 5.82 Å². The number of nitrogens with one attached hydrogen (secondary N) is 1. The van der Waals surface area contributed by atoms with E-state index in [4.69, 9.17) is 0 Å². The van der Waals surface area contributed by atoms with Crippen molar-refractivity contribution in [3.05, 3.63) is 40.1 Å². The van der Waals surface area contributed by atoms with Crippen LogP contribution in [0.25, 0.3) is 6.08 Å². The first-order valence-electron chi connectivity index (χ1n) is 5.06. The second-order valence-corrected chi connectivity index (χ2v) is 4.19. The van der Waals surface area contributed by atoms with Crippen LogP contribution in [-0.2, 0) is 0 Å². The van der Waals surface area contributed by atoms with Crippen LogP contribution in [0.1, 0.15) is 18.9 Å². The Balaban J connectivity index is 2.49. The summed E-state index contributed by atoms with van der Waals surface area (Å²) in [6.45, 7) is 3.89. The first-order valence-corrected chi connectivity index (χ1v) is 5.85. The summed E-state index contributed by atoms with van der Waals surface area (Å²) in [5, 5.41) is 3.22. The highest BCUT2D eigenvalue weighted by molar-refractivity contribution is 9.10. The Kier molecular flexibility index (Phi) is 5.58. The van der Waals surface area contributed by atoms with Gasteiger partial charge in [0.05, 0.1) is 0 Å². The van der Waals surface area contributed by atoms with Crippen molar-refractivity contribution in [3.8, 4) is 0 Å². The summed E-state index contributed by atoms with van der Waals surface area (Å²) >= 11 is 3.22. The Hall–Kier alpha value is -0.670. The van der Waals surface area contributed by atoms with Crippen LogP contribution in [0.15, 0.2) is 28.7 Å². The molecule has 0 fully saturated rings. The summed E-state index contributed by atoms with van der Waals surface area (Å²) in [5.41, 5.74) is 0.622. The second-order valence-electron chi connectivity index (χ2n) is 3.27. The molecule has 0 heterocycles. The van der Waals surface area contributed by atoms with Crippen molar-refractivity contribution in [2.45, 2.75) is 13.3 Å². The molecule has 1 aromatic carbocycles. The Morgan fingerprint density at radius 2 is 2.27 bits per heavy atom. The van der Waals surface area contributed by atoms with Gasteiger partial charge in [0.2, 0.25) is 0 Å². The van der Waals surface area contributed by atoms with Gasteiger partial charge in [0.1, 0.15) is 5.82 Å². The Morgan fingerprint density at radius 3 is 2.93 bits per heavy atom. The molecule has 0 aliphatic rings. The number of hydrogen-bond acceptors (Lipinski definition) is 1. The van der Waals surface area contributed by atoms with Gasteiger partial charge in [-0.15, -0.1) is 0 Å².